The molecule has 0 heterocycles. The van der Waals surface area contributed by atoms with Gasteiger partial charge in [-0.05, 0) is 12.5 Å². The maximum atomic E-state index is 12.4. The number of carbonyl (C=O) groups is 1. The maximum absolute atomic E-state index is 12.4. The minimum atomic E-state index is -4.19. The van der Waals surface area contributed by atoms with E-state index in [0.29, 0.717) is 12.3 Å². The molecule has 1 amide bonds. The zero-order chi connectivity index (χ0) is 26.1. The van der Waals surface area contributed by atoms with Crippen molar-refractivity contribution in [3.63, 3.8) is 0 Å². The summed E-state index contributed by atoms with van der Waals surface area (Å²) in [7, 11) is -7.97. The predicted octanol–water partition coefficient (Wildman–Crippen LogP) is -0.723. The van der Waals surface area contributed by atoms with Gasteiger partial charge in [-0.2, -0.15) is 16.8 Å². The van der Waals surface area contributed by atoms with Crippen LogP contribution in [0.15, 0.2) is 12.1 Å². The van der Waals surface area contributed by atoms with Crippen LogP contribution in [0.5, 0.6) is 0 Å². The lowest BCUT2D eigenvalue weighted by Gasteiger charge is -2.17. The van der Waals surface area contributed by atoms with E-state index in [9.17, 15) is 41.9 Å². The monoisotopic (exact) mass is 528 g/mol. The number of rotatable bonds is 15. The molecule has 1 rings (SSSR count). The van der Waals surface area contributed by atoms with Gasteiger partial charge >= 0.3 is 0 Å². The highest BCUT2D eigenvalue weighted by atomic mass is 32.2. The Balaban J connectivity index is 3.35. The second-order valence-electron chi connectivity index (χ2n) is 6.83. The number of anilines is 1. The first-order valence-corrected chi connectivity index (χ1v) is 13.1. The summed E-state index contributed by atoms with van der Waals surface area (Å²) in [6.45, 7) is -0.941. The summed E-state index contributed by atoms with van der Waals surface area (Å²) in [6, 6.07) is 1.59. The van der Waals surface area contributed by atoms with Gasteiger partial charge in [-0.1, -0.05) is 0 Å². The molecular weight excluding hydrogens is 504 g/mol. The summed E-state index contributed by atoms with van der Waals surface area (Å²) in [5.41, 5.74) is -2.02. The van der Waals surface area contributed by atoms with Crippen LogP contribution in [0.2, 0.25) is 0 Å². The smallest absolute Gasteiger partial charge is 0.299 e. The topological polar surface area (TPSA) is 234 Å². The molecule has 18 heteroatoms. The Kier molecular flexibility index (Phi) is 10.7. The largest absolute Gasteiger partial charge is 0.396 e. The van der Waals surface area contributed by atoms with Crippen LogP contribution in [-0.2, 0) is 39.8 Å². The fourth-order valence-electron chi connectivity index (χ4n) is 2.61. The molecule has 0 aliphatic heterocycles. The van der Waals surface area contributed by atoms with Crippen molar-refractivity contribution in [1.29, 1.82) is 0 Å². The molecule has 0 aliphatic carbocycles. The third kappa shape index (κ3) is 10.3. The summed E-state index contributed by atoms with van der Waals surface area (Å²) in [4.78, 5) is 33.4. The minimum absolute atomic E-state index is 0.0333. The second-order valence-corrected chi connectivity index (χ2v) is 10.1. The van der Waals surface area contributed by atoms with Gasteiger partial charge in [-0.25, -0.2) is 0 Å². The molecule has 0 bridgehead atoms. The summed E-state index contributed by atoms with van der Waals surface area (Å²) in [6.07, 6.45) is -0.790. The van der Waals surface area contributed by atoms with Crippen molar-refractivity contribution in [2.75, 3.05) is 44.1 Å². The van der Waals surface area contributed by atoms with E-state index in [-0.39, 0.29) is 37.4 Å². The van der Waals surface area contributed by atoms with Gasteiger partial charge < -0.3 is 15.7 Å². The van der Waals surface area contributed by atoms with Gasteiger partial charge in [-0.3, -0.25) is 33.4 Å². The number of hydrogen-bond donors (Lipinski definition) is 3. The highest BCUT2D eigenvalue weighted by molar-refractivity contribution is 7.86. The van der Waals surface area contributed by atoms with Crippen LogP contribution in [0.3, 0.4) is 0 Å². The fraction of sp³-hybridized carbons (Fsp3) is 0.562. The maximum Gasteiger partial charge on any atom is 0.299 e. The molecule has 1 unspecified atom stereocenters. The number of carbonyl (C=O) groups excluding carboxylic acids is 1. The van der Waals surface area contributed by atoms with Crippen LogP contribution in [0.4, 0.5) is 17.1 Å². The van der Waals surface area contributed by atoms with Crippen molar-refractivity contribution in [1.82, 2.24) is 5.32 Å². The Bertz CT molecular complexity index is 1120. The number of aliphatic hydroxyl groups is 1. The van der Waals surface area contributed by atoms with Crippen LogP contribution < -0.4 is 10.6 Å². The molecule has 0 saturated heterocycles. The summed E-state index contributed by atoms with van der Waals surface area (Å²) in [5.74, 6) is -0.942. The zero-order valence-electron chi connectivity index (χ0n) is 18.1. The van der Waals surface area contributed by atoms with Crippen molar-refractivity contribution >= 4 is 43.2 Å². The molecule has 1 atom stereocenters. The van der Waals surface area contributed by atoms with Gasteiger partial charge in [0.2, 0.25) is 0 Å². The normalized spacial score (nSPS) is 12.7. The van der Waals surface area contributed by atoms with Crippen LogP contribution in [-0.4, -0.2) is 82.6 Å². The third-order valence-corrected chi connectivity index (χ3v) is 5.10. The van der Waals surface area contributed by atoms with E-state index in [2.05, 4.69) is 14.8 Å². The molecule has 0 radical (unpaired) electrons. The van der Waals surface area contributed by atoms with E-state index in [1.54, 1.807) is 0 Å². The molecule has 16 nitrogen and oxygen atoms in total. The van der Waals surface area contributed by atoms with Gasteiger partial charge in [-0.15, -0.1) is 0 Å². The second kappa shape index (κ2) is 12.5. The van der Waals surface area contributed by atoms with Crippen LogP contribution in [0.1, 0.15) is 12.0 Å². The van der Waals surface area contributed by atoms with Crippen molar-refractivity contribution in [3.05, 3.63) is 37.9 Å². The van der Waals surface area contributed by atoms with E-state index in [1.165, 1.54) is 0 Å². The van der Waals surface area contributed by atoms with Crippen molar-refractivity contribution in [2.45, 2.75) is 18.9 Å². The number of nitro groups is 2. The first-order chi connectivity index (χ1) is 15.6. The first-order valence-electron chi connectivity index (χ1n) is 9.45. The number of benzene rings is 1. The first kappa shape index (κ1) is 29.1. The van der Waals surface area contributed by atoms with Crippen molar-refractivity contribution in [3.8, 4) is 0 Å². The molecule has 0 saturated carbocycles. The third-order valence-electron chi connectivity index (χ3n) is 3.93. The number of aliphatic hydroxyl groups excluding tert-OH is 1. The average Bonchev–Trinajstić information content (AvgIpc) is 2.68. The lowest BCUT2D eigenvalue weighted by atomic mass is 10.0. The minimum Gasteiger partial charge on any atom is -0.396 e. The number of nitrogens with one attached hydrogen (secondary N) is 2. The number of hydrogen-bond acceptors (Lipinski definition) is 13. The van der Waals surface area contributed by atoms with Crippen molar-refractivity contribution < 1.29 is 44.9 Å². The van der Waals surface area contributed by atoms with Crippen LogP contribution >= 0.6 is 0 Å². The number of amides is 1. The zero-order valence-corrected chi connectivity index (χ0v) is 19.8. The quantitative estimate of drug-likeness (QED) is 0.110. The molecule has 0 fully saturated rings. The molecule has 34 heavy (non-hydrogen) atoms. The summed E-state index contributed by atoms with van der Waals surface area (Å²) < 4.78 is 54.6. The Hall–Kier alpha value is -2.93. The fourth-order valence-corrected chi connectivity index (χ4v) is 3.58. The lowest BCUT2D eigenvalue weighted by molar-refractivity contribution is -0.394. The molecule has 0 aliphatic rings. The number of nitrogens with zero attached hydrogens (tertiary/aromatic N) is 2. The van der Waals surface area contributed by atoms with E-state index in [1.807, 2.05) is 0 Å². The van der Waals surface area contributed by atoms with Crippen LogP contribution in [0, 0.1) is 20.2 Å². The van der Waals surface area contributed by atoms with E-state index in [0.717, 1.165) is 12.3 Å². The predicted molar refractivity (Wildman–Crippen MR) is 117 cm³/mol. The SMILES string of the molecule is CS(=O)(=O)OCCNc1cc(CC(OS(C)(=O)=O)C(=O)NCCCO)c([N+](=O)[O-])cc1[N+](=O)[O-]. The molecule has 192 valence electrons. The standard InChI is InChI=1S/C16H24N4O12S2/c1-33(27,28)31-7-5-17-12-8-11(13(19(23)24)10-14(12)20(25)26)9-15(32-34(2,29)30)16(22)18-4-3-6-21/h8,10,15,17,21H,3-7,9H2,1-2H3,(H,18,22). The molecule has 0 spiro atoms. The van der Waals surface area contributed by atoms with Crippen molar-refractivity contribution in [2.24, 2.45) is 0 Å². The van der Waals surface area contributed by atoms with E-state index >= 15 is 0 Å². The van der Waals surface area contributed by atoms with Gasteiger partial charge in [0.25, 0.3) is 37.5 Å². The highest BCUT2D eigenvalue weighted by Gasteiger charge is 2.30. The summed E-state index contributed by atoms with van der Waals surface area (Å²) in [5, 5.41) is 36.6. The Morgan fingerprint density at radius 2 is 1.68 bits per heavy atom. The van der Waals surface area contributed by atoms with Gasteiger partial charge in [0, 0.05) is 31.7 Å². The Morgan fingerprint density at radius 3 is 2.18 bits per heavy atom. The molecule has 1 aromatic rings. The van der Waals surface area contributed by atoms with E-state index < -0.39 is 66.5 Å². The Morgan fingerprint density at radius 1 is 1.06 bits per heavy atom. The molecular formula is C16H24N4O12S2. The van der Waals surface area contributed by atoms with Gasteiger partial charge in [0.1, 0.15) is 5.69 Å². The van der Waals surface area contributed by atoms with Crippen LogP contribution in [0.25, 0.3) is 0 Å². The molecule has 3 N–H and O–H groups in total. The van der Waals surface area contributed by atoms with E-state index in [4.69, 9.17) is 9.29 Å². The Labute approximate surface area is 194 Å². The summed E-state index contributed by atoms with van der Waals surface area (Å²) >= 11 is 0. The molecule has 0 aromatic heterocycles. The number of nitro benzene ring substituents is 2. The van der Waals surface area contributed by atoms with Gasteiger partial charge in [0.15, 0.2) is 6.10 Å². The lowest BCUT2D eigenvalue weighted by Crippen LogP contribution is -2.39. The highest BCUT2D eigenvalue weighted by Crippen LogP contribution is 2.33. The molecule has 1 aromatic carbocycles. The average molecular weight is 529 g/mol. The van der Waals surface area contributed by atoms with Gasteiger partial charge in [0.05, 0.1) is 35.0 Å².